The lowest BCUT2D eigenvalue weighted by Gasteiger charge is -2.15. The molecule has 0 aliphatic carbocycles. The summed E-state index contributed by atoms with van der Waals surface area (Å²) in [6, 6.07) is 0. The van der Waals surface area contributed by atoms with Crippen LogP contribution in [0.4, 0.5) is 0 Å². The summed E-state index contributed by atoms with van der Waals surface area (Å²) < 4.78 is 0.224. The van der Waals surface area contributed by atoms with Crippen LogP contribution in [0.25, 0.3) is 0 Å². The Bertz CT molecular complexity index is 65.8. The second-order valence-electron chi connectivity index (χ2n) is 2.96. The van der Waals surface area contributed by atoms with E-state index in [1.807, 2.05) is 0 Å². The second-order valence-corrected chi connectivity index (χ2v) is 4.96. The minimum absolute atomic E-state index is 0.224. The molecule has 0 saturated heterocycles. The predicted octanol–water partition coefficient (Wildman–Crippen LogP) is 3.26. The molecule has 0 bridgehead atoms. The molecule has 56 valence electrons. The van der Waals surface area contributed by atoms with E-state index < -0.39 is 0 Å². The standard InChI is InChI=1S/C7H15BrS/c1-7(2,9)5-3-4-6-8/h9H,3-6H2,1-2H3. The van der Waals surface area contributed by atoms with E-state index in [4.69, 9.17) is 0 Å². The van der Waals surface area contributed by atoms with Crippen molar-refractivity contribution < 1.29 is 0 Å². The minimum atomic E-state index is 0.224. The zero-order valence-electron chi connectivity index (χ0n) is 6.15. The van der Waals surface area contributed by atoms with Gasteiger partial charge in [-0.2, -0.15) is 12.6 Å². The first kappa shape index (κ1) is 9.83. The van der Waals surface area contributed by atoms with Crippen LogP contribution in [0.1, 0.15) is 33.1 Å². The van der Waals surface area contributed by atoms with Crippen molar-refractivity contribution in [2.45, 2.75) is 37.9 Å². The quantitative estimate of drug-likeness (QED) is 0.412. The van der Waals surface area contributed by atoms with E-state index in [1.165, 1.54) is 19.3 Å². The molecule has 0 N–H and O–H groups in total. The monoisotopic (exact) mass is 210 g/mol. The highest BCUT2D eigenvalue weighted by Crippen LogP contribution is 2.19. The zero-order chi connectivity index (χ0) is 7.33. The summed E-state index contributed by atoms with van der Waals surface area (Å²) in [5.41, 5.74) is 0. The van der Waals surface area contributed by atoms with Crippen LogP contribution in [0.2, 0.25) is 0 Å². The highest BCUT2D eigenvalue weighted by Gasteiger charge is 2.09. The van der Waals surface area contributed by atoms with Gasteiger partial charge >= 0.3 is 0 Å². The van der Waals surface area contributed by atoms with Gasteiger partial charge in [-0.3, -0.25) is 0 Å². The summed E-state index contributed by atoms with van der Waals surface area (Å²) in [4.78, 5) is 0. The molecule has 0 nitrogen and oxygen atoms in total. The summed E-state index contributed by atoms with van der Waals surface area (Å²) >= 11 is 7.80. The Balaban J connectivity index is 3.07. The summed E-state index contributed by atoms with van der Waals surface area (Å²) in [5, 5.41) is 1.12. The van der Waals surface area contributed by atoms with Crippen molar-refractivity contribution in [2.75, 3.05) is 5.33 Å². The fraction of sp³-hybridized carbons (Fsp3) is 1.00. The van der Waals surface area contributed by atoms with Crippen LogP contribution in [-0.2, 0) is 0 Å². The van der Waals surface area contributed by atoms with Crippen molar-refractivity contribution in [3.05, 3.63) is 0 Å². The van der Waals surface area contributed by atoms with Crippen LogP contribution in [0.5, 0.6) is 0 Å². The lowest BCUT2D eigenvalue weighted by molar-refractivity contribution is 0.601. The van der Waals surface area contributed by atoms with Crippen LogP contribution in [0.15, 0.2) is 0 Å². The highest BCUT2D eigenvalue weighted by atomic mass is 79.9. The van der Waals surface area contributed by atoms with Gasteiger partial charge in [-0.25, -0.2) is 0 Å². The van der Waals surface area contributed by atoms with Gasteiger partial charge in [0.25, 0.3) is 0 Å². The maximum absolute atomic E-state index is 4.41. The number of rotatable bonds is 4. The van der Waals surface area contributed by atoms with Crippen LogP contribution < -0.4 is 0 Å². The zero-order valence-corrected chi connectivity index (χ0v) is 8.63. The predicted molar refractivity (Wildman–Crippen MR) is 50.7 cm³/mol. The Morgan fingerprint density at radius 1 is 1.33 bits per heavy atom. The highest BCUT2D eigenvalue weighted by molar-refractivity contribution is 9.09. The Morgan fingerprint density at radius 3 is 2.22 bits per heavy atom. The van der Waals surface area contributed by atoms with E-state index >= 15 is 0 Å². The smallest absolute Gasteiger partial charge is 0.00731 e. The molecule has 0 aromatic rings. The fourth-order valence-electron chi connectivity index (χ4n) is 0.652. The number of thiol groups is 1. The second kappa shape index (κ2) is 4.62. The molecule has 0 spiro atoms. The van der Waals surface area contributed by atoms with Crippen molar-refractivity contribution in [1.82, 2.24) is 0 Å². The molecule has 0 aromatic carbocycles. The first-order valence-corrected chi connectivity index (χ1v) is 4.91. The summed E-state index contributed by atoms with van der Waals surface area (Å²) in [6.45, 7) is 4.31. The summed E-state index contributed by atoms with van der Waals surface area (Å²) in [5.74, 6) is 0. The molecule has 0 aromatic heterocycles. The molecule has 0 heterocycles. The third kappa shape index (κ3) is 8.83. The van der Waals surface area contributed by atoms with Gasteiger partial charge in [0.2, 0.25) is 0 Å². The van der Waals surface area contributed by atoms with E-state index in [9.17, 15) is 0 Å². The average molecular weight is 211 g/mol. The maximum atomic E-state index is 4.41. The molecular weight excluding hydrogens is 196 g/mol. The van der Waals surface area contributed by atoms with Gasteiger partial charge in [0.15, 0.2) is 0 Å². The van der Waals surface area contributed by atoms with Crippen molar-refractivity contribution in [3.63, 3.8) is 0 Å². The fourth-order valence-corrected chi connectivity index (χ4v) is 1.21. The molecule has 9 heavy (non-hydrogen) atoms. The molecule has 0 saturated carbocycles. The van der Waals surface area contributed by atoms with Crippen molar-refractivity contribution in [2.24, 2.45) is 0 Å². The first-order valence-electron chi connectivity index (χ1n) is 3.34. The van der Waals surface area contributed by atoms with Crippen molar-refractivity contribution >= 4 is 28.6 Å². The Morgan fingerprint density at radius 2 is 1.89 bits per heavy atom. The van der Waals surface area contributed by atoms with Crippen molar-refractivity contribution in [3.8, 4) is 0 Å². The van der Waals surface area contributed by atoms with Gasteiger partial charge < -0.3 is 0 Å². The van der Waals surface area contributed by atoms with Crippen LogP contribution in [0, 0.1) is 0 Å². The number of halogens is 1. The average Bonchev–Trinajstić information content (AvgIpc) is 1.63. The van der Waals surface area contributed by atoms with Crippen LogP contribution >= 0.6 is 28.6 Å². The van der Waals surface area contributed by atoms with Gasteiger partial charge in [-0.05, 0) is 12.8 Å². The van der Waals surface area contributed by atoms with E-state index in [0.717, 1.165) is 5.33 Å². The number of hydrogen-bond donors (Lipinski definition) is 1. The summed E-state index contributed by atoms with van der Waals surface area (Å²) in [6.07, 6.45) is 3.76. The number of unbranched alkanes of at least 4 members (excludes halogenated alkanes) is 1. The number of alkyl halides is 1. The SMILES string of the molecule is CC(C)(S)CCCCBr. The Kier molecular flexibility index (Phi) is 5.04. The molecule has 0 fully saturated rings. The Hall–Kier alpha value is 0.830. The maximum Gasteiger partial charge on any atom is 0.00731 e. The Labute approximate surface area is 72.0 Å². The first-order chi connectivity index (χ1) is 4.06. The van der Waals surface area contributed by atoms with Crippen molar-refractivity contribution in [1.29, 1.82) is 0 Å². The molecule has 0 amide bonds. The topological polar surface area (TPSA) is 0 Å². The molecule has 0 atom stereocenters. The molecule has 0 radical (unpaired) electrons. The van der Waals surface area contributed by atoms with E-state index in [-0.39, 0.29) is 4.75 Å². The lowest BCUT2D eigenvalue weighted by Crippen LogP contribution is -2.09. The molecule has 0 aliphatic rings. The van der Waals surface area contributed by atoms with Gasteiger partial charge in [-0.15, -0.1) is 0 Å². The van der Waals surface area contributed by atoms with E-state index in [2.05, 4.69) is 42.4 Å². The van der Waals surface area contributed by atoms with E-state index in [0.29, 0.717) is 0 Å². The van der Waals surface area contributed by atoms with Gasteiger partial charge in [-0.1, -0.05) is 36.2 Å². The molecule has 0 unspecified atom stereocenters. The number of hydrogen-bond acceptors (Lipinski definition) is 1. The van der Waals surface area contributed by atoms with Gasteiger partial charge in [0, 0.05) is 10.1 Å². The van der Waals surface area contributed by atoms with Crippen LogP contribution in [0.3, 0.4) is 0 Å². The third-order valence-corrected chi connectivity index (χ3v) is 1.96. The van der Waals surface area contributed by atoms with Gasteiger partial charge in [0.1, 0.15) is 0 Å². The largest absolute Gasteiger partial charge is 0.173 e. The summed E-state index contributed by atoms with van der Waals surface area (Å²) in [7, 11) is 0. The third-order valence-electron chi connectivity index (χ3n) is 1.17. The molecule has 2 heteroatoms. The molecule has 0 rings (SSSR count). The van der Waals surface area contributed by atoms with Gasteiger partial charge in [0.05, 0.1) is 0 Å². The molecular formula is C7H15BrS. The van der Waals surface area contributed by atoms with E-state index in [1.54, 1.807) is 0 Å². The van der Waals surface area contributed by atoms with Crippen LogP contribution in [-0.4, -0.2) is 10.1 Å². The normalized spacial score (nSPS) is 12.0. The molecule has 0 aliphatic heterocycles. The minimum Gasteiger partial charge on any atom is -0.173 e. The lowest BCUT2D eigenvalue weighted by atomic mass is 10.1.